The molecule has 0 radical (unpaired) electrons. The Morgan fingerprint density at radius 1 is 1.04 bits per heavy atom. The van der Waals surface area contributed by atoms with Gasteiger partial charge < -0.3 is 0 Å². The molecule has 3 heteroatoms. The first-order chi connectivity index (χ1) is 13.7. The Morgan fingerprint density at radius 2 is 1.75 bits per heavy atom. The quantitative estimate of drug-likeness (QED) is 0.350. The van der Waals surface area contributed by atoms with Gasteiger partial charge in [-0.2, -0.15) is 0 Å². The number of unbranched alkanes of at least 4 members (excludes halogenated alkanes) is 1. The van der Waals surface area contributed by atoms with E-state index >= 15 is 0 Å². The van der Waals surface area contributed by atoms with Crippen molar-refractivity contribution >= 4 is 23.3 Å². The molecule has 0 bridgehead atoms. The van der Waals surface area contributed by atoms with Crippen LogP contribution < -0.4 is 0 Å². The molecule has 0 atom stereocenters. The molecule has 0 aromatic heterocycles. The monoisotopic (exact) mass is 393 g/mol. The van der Waals surface area contributed by atoms with Gasteiger partial charge in [0.2, 0.25) is 0 Å². The van der Waals surface area contributed by atoms with E-state index in [0.29, 0.717) is 12.3 Å². The highest BCUT2D eigenvalue weighted by molar-refractivity contribution is 7.99. The molecule has 1 aliphatic rings. The summed E-state index contributed by atoms with van der Waals surface area (Å²) >= 11 is 1.77. The number of ketones is 1. The first-order valence-corrected chi connectivity index (χ1v) is 11.4. The van der Waals surface area contributed by atoms with E-state index in [0.717, 1.165) is 18.4 Å². The molecule has 2 aromatic carbocycles. The maximum absolute atomic E-state index is 12.2. The number of aliphatic imine (C=N–C) groups is 1. The van der Waals surface area contributed by atoms with Crippen molar-refractivity contribution in [3.05, 3.63) is 59.7 Å². The topological polar surface area (TPSA) is 29.4 Å². The lowest BCUT2D eigenvalue weighted by atomic mass is 9.83. The van der Waals surface area contributed by atoms with Gasteiger partial charge in [-0.25, -0.2) is 0 Å². The molecule has 0 N–H and O–H groups in total. The molecule has 0 unspecified atom stereocenters. The van der Waals surface area contributed by atoms with Crippen LogP contribution in [0.25, 0.3) is 0 Å². The SMILES string of the molecule is CCCCC(=O)c1ccc(Sc2ccccc2C(=NC)C2CCCCC2)cc1. The Balaban J connectivity index is 1.77. The van der Waals surface area contributed by atoms with E-state index in [1.165, 1.54) is 53.2 Å². The molecule has 0 saturated heterocycles. The summed E-state index contributed by atoms with van der Waals surface area (Å²) in [5.74, 6) is 0.829. The summed E-state index contributed by atoms with van der Waals surface area (Å²) in [7, 11) is 1.93. The molecule has 0 amide bonds. The van der Waals surface area contributed by atoms with Crippen LogP contribution in [0.5, 0.6) is 0 Å². The number of nitrogens with zero attached hydrogens (tertiary/aromatic N) is 1. The van der Waals surface area contributed by atoms with Gasteiger partial charge in [0.15, 0.2) is 5.78 Å². The van der Waals surface area contributed by atoms with Gasteiger partial charge in [-0.05, 0) is 37.5 Å². The van der Waals surface area contributed by atoms with Crippen molar-refractivity contribution < 1.29 is 4.79 Å². The number of carbonyl (C=O) groups excluding carboxylic acids is 1. The highest BCUT2D eigenvalue weighted by Gasteiger charge is 2.22. The summed E-state index contributed by atoms with van der Waals surface area (Å²) in [4.78, 5) is 19.3. The lowest BCUT2D eigenvalue weighted by Gasteiger charge is -2.24. The Hall–Kier alpha value is -1.87. The average molecular weight is 394 g/mol. The van der Waals surface area contributed by atoms with Gasteiger partial charge in [0.1, 0.15) is 0 Å². The molecule has 1 fully saturated rings. The van der Waals surface area contributed by atoms with E-state index in [9.17, 15) is 4.79 Å². The highest BCUT2D eigenvalue weighted by atomic mass is 32.2. The molecule has 148 valence electrons. The molecule has 3 rings (SSSR count). The fourth-order valence-electron chi connectivity index (χ4n) is 3.98. The van der Waals surface area contributed by atoms with Crippen LogP contribution in [0.15, 0.2) is 63.3 Å². The summed E-state index contributed by atoms with van der Waals surface area (Å²) in [5.41, 5.74) is 3.35. The van der Waals surface area contributed by atoms with Crippen LogP contribution in [-0.4, -0.2) is 18.5 Å². The van der Waals surface area contributed by atoms with Gasteiger partial charge in [-0.15, -0.1) is 0 Å². The fraction of sp³-hybridized carbons (Fsp3) is 0.440. The minimum Gasteiger partial charge on any atom is -0.294 e. The van der Waals surface area contributed by atoms with Gasteiger partial charge in [-0.3, -0.25) is 9.79 Å². The molecule has 1 aliphatic carbocycles. The maximum Gasteiger partial charge on any atom is 0.162 e. The molecule has 0 heterocycles. The zero-order valence-electron chi connectivity index (χ0n) is 17.1. The summed E-state index contributed by atoms with van der Waals surface area (Å²) in [6, 6.07) is 16.7. The standard InChI is InChI=1S/C25H31NOS/c1-3-4-13-23(27)19-15-17-21(18-16-19)28-24-14-9-8-12-22(24)25(26-2)20-10-6-5-7-11-20/h8-9,12,14-18,20H,3-7,10-11,13H2,1-2H3. The van der Waals surface area contributed by atoms with Gasteiger partial charge in [-0.1, -0.05) is 74.7 Å². The van der Waals surface area contributed by atoms with Crippen LogP contribution in [0, 0.1) is 5.92 Å². The molecule has 0 spiro atoms. The van der Waals surface area contributed by atoms with Gasteiger partial charge in [0.05, 0.1) is 0 Å². The zero-order valence-corrected chi connectivity index (χ0v) is 17.9. The second-order valence-electron chi connectivity index (χ2n) is 7.59. The molecule has 28 heavy (non-hydrogen) atoms. The largest absolute Gasteiger partial charge is 0.294 e. The van der Waals surface area contributed by atoms with E-state index in [-0.39, 0.29) is 5.78 Å². The number of carbonyl (C=O) groups is 1. The van der Waals surface area contributed by atoms with E-state index in [1.807, 2.05) is 19.2 Å². The zero-order chi connectivity index (χ0) is 19.8. The number of hydrogen-bond acceptors (Lipinski definition) is 3. The first-order valence-electron chi connectivity index (χ1n) is 10.6. The summed E-state index contributed by atoms with van der Waals surface area (Å²) < 4.78 is 0. The lowest BCUT2D eigenvalue weighted by Crippen LogP contribution is -2.19. The third-order valence-corrected chi connectivity index (χ3v) is 6.64. The van der Waals surface area contributed by atoms with Crippen LogP contribution in [0.3, 0.4) is 0 Å². The summed E-state index contributed by atoms with van der Waals surface area (Å²) in [6.45, 7) is 2.12. The van der Waals surface area contributed by atoms with Gasteiger partial charge in [0, 0.05) is 46.0 Å². The van der Waals surface area contributed by atoms with E-state index in [1.54, 1.807) is 11.8 Å². The third-order valence-electron chi connectivity index (χ3n) is 5.56. The summed E-state index contributed by atoms with van der Waals surface area (Å²) in [5, 5.41) is 0. The maximum atomic E-state index is 12.2. The lowest BCUT2D eigenvalue weighted by molar-refractivity contribution is 0.0979. The fourth-order valence-corrected chi connectivity index (χ4v) is 4.94. The Labute approximate surface area is 173 Å². The Morgan fingerprint density at radius 3 is 2.43 bits per heavy atom. The van der Waals surface area contributed by atoms with E-state index in [2.05, 4.69) is 43.3 Å². The Bertz CT molecular complexity index is 804. The predicted octanol–water partition coefficient (Wildman–Crippen LogP) is 7.21. The first kappa shape index (κ1) is 20.9. The van der Waals surface area contributed by atoms with Crippen molar-refractivity contribution in [1.29, 1.82) is 0 Å². The van der Waals surface area contributed by atoms with Crippen LogP contribution in [0.1, 0.15) is 74.2 Å². The normalized spacial score (nSPS) is 15.6. The Kier molecular flexibility index (Phi) is 7.90. The molecular weight excluding hydrogens is 362 g/mol. The van der Waals surface area contributed by atoms with Crippen LogP contribution >= 0.6 is 11.8 Å². The number of Topliss-reactive ketones (excluding diaryl/α,β-unsaturated/α-hetero) is 1. The minimum atomic E-state index is 0.247. The molecule has 2 aromatic rings. The molecule has 0 aliphatic heterocycles. The molecule has 1 saturated carbocycles. The molecular formula is C25H31NOS. The van der Waals surface area contributed by atoms with Crippen molar-refractivity contribution in [2.45, 2.75) is 68.1 Å². The van der Waals surface area contributed by atoms with Crippen molar-refractivity contribution in [1.82, 2.24) is 0 Å². The highest BCUT2D eigenvalue weighted by Crippen LogP contribution is 2.35. The van der Waals surface area contributed by atoms with Crippen LogP contribution in [0.4, 0.5) is 0 Å². The predicted molar refractivity (Wildman–Crippen MR) is 120 cm³/mol. The van der Waals surface area contributed by atoms with Gasteiger partial charge in [0.25, 0.3) is 0 Å². The summed E-state index contributed by atoms with van der Waals surface area (Å²) in [6.07, 6.45) is 9.14. The van der Waals surface area contributed by atoms with E-state index in [4.69, 9.17) is 4.99 Å². The number of hydrogen-bond donors (Lipinski definition) is 0. The second-order valence-corrected chi connectivity index (χ2v) is 8.71. The van der Waals surface area contributed by atoms with E-state index < -0.39 is 0 Å². The van der Waals surface area contributed by atoms with Crippen LogP contribution in [0.2, 0.25) is 0 Å². The number of rotatable bonds is 8. The van der Waals surface area contributed by atoms with Crippen LogP contribution in [-0.2, 0) is 0 Å². The second kappa shape index (κ2) is 10.6. The average Bonchev–Trinajstić information content (AvgIpc) is 2.75. The van der Waals surface area contributed by atoms with Crippen molar-refractivity contribution in [2.24, 2.45) is 10.9 Å². The number of benzene rings is 2. The third kappa shape index (κ3) is 5.35. The smallest absolute Gasteiger partial charge is 0.162 e. The van der Waals surface area contributed by atoms with Gasteiger partial charge >= 0.3 is 0 Å². The molecule has 2 nitrogen and oxygen atoms in total. The van der Waals surface area contributed by atoms with Crippen molar-refractivity contribution in [2.75, 3.05) is 7.05 Å². The van der Waals surface area contributed by atoms with Crippen molar-refractivity contribution in [3.8, 4) is 0 Å². The minimum absolute atomic E-state index is 0.247. The van der Waals surface area contributed by atoms with Crippen molar-refractivity contribution in [3.63, 3.8) is 0 Å².